The van der Waals surface area contributed by atoms with Crippen LogP contribution in [0.25, 0.3) is 0 Å². The second-order valence-corrected chi connectivity index (χ2v) is 6.10. The Morgan fingerprint density at radius 3 is 2.50 bits per heavy atom. The first kappa shape index (κ1) is 18.1. The van der Waals surface area contributed by atoms with Crippen LogP contribution in [0.5, 0.6) is 0 Å². The maximum Gasteiger partial charge on any atom is 0.321 e. The molecule has 1 aromatic carbocycles. The van der Waals surface area contributed by atoms with Crippen molar-refractivity contribution in [1.29, 1.82) is 0 Å². The quantitative estimate of drug-likeness (QED) is 0.814. The Morgan fingerprint density at radius 1 is 1.17 bits per heavy atom. The van der Waals surface area contributed by atoms with Crippen molar-refractivity contribution < 1.29 is 19.5 Å². The van der Waals surface area contributed by atoms with Crippen molar-refractivity contribution in [2.24, 2.45) is 5.92 Å². The average molecular weight is 354 g/mol. The number of nitrogens with zero attached hydrogens (tertiary/aromatic N) is 2. The fourth-order valence-corrected chi connectivity index (χ4v) is 2.68. The van der Waals surface area contributed by atoms with E-state index in [0.717, 1.165) is 0 Å². The highest BCUT2D eigenvalue weighted by Crippen LogP contribution is 2.16. The molecule has 0 aliphatic carbocycles. The third-order valence-corrected chi connectivity index (χ3v) is 4.15. The smallest absolute Gasteiger partial charge is 0.321 e. The summed E-state index contributed by atoms with van der Waals surface area (Å²) < 4.78 is 0. The number of carboxylic acids is 1. The molecule has 1 aliphatic rings. The molecule has 24 heavy (non-hydrogen) atoms. The summed E-state index contributed by atoms with van der Waals surface area (Å²) in [5.74, 6) is -2.63. The van der Waals surface area contributed by atoms with Crippen LogP contribution in [-0.2, 0) is 9.59 Å². The number of amides is 3. The number of halogens is 1. The van der Waals surface area contributed by atoms with Crippen LogP contribution in [0.3, 0.4) is 0 Å². The average Bonchev–Trinajstić information content (AvgIpc) is 2.79. The van der Waals surface area contributed by atoms with Crippen LogP contribution in [0, 0.1) is 5.92 Å². The van der Waals surface area contributed by atoms with Crippen molar-refractivity contribution in [3.05, 3.63) is 29.3 Å². The van der Waals surface area contributed by atoms with Gasteiger partial charge in [0.1, 0.15) is 5.92 Å². The van der Waals surface area contributed by atoms with Crippen molar-refractivity contribution in [3.63, 3.8) is 0 Å². The molecule has 3 amide bonds. The van der Waals surface area contributed by atoms with E-state index in [0.29, 0.717) is 43.3 Å². The van der Waals surface area contributed by atoms with Gasteiger partial charge in [0, 0.05) is 36.9 Å². The van der Waals surface area contributed by atoms with Crippen molar-refractivity contribution in [3.8, 4) is 0 Å². The van der Waals surface area contributed by atoms with Gasteiger partial charge >= 0.3 is 12.0 Å². The van der Waals surface area contributed by atoms with E-state index >= 15 is 0 Å². The fraction of sp³-hybridized carbons (Fsp3) is 0.438. The van der Waals surface area contributed by atoms with Crippen LogP contribution < -0.4 is 5.32 Å². The summed E-state index contributed by atoms with van der Waals surface area (Å²) in [5, 5.41) is 12.2. The molecule has 7 nitrogen and oxygen atoms in total. The lowest BCUT2D eigenvalue weighted by Crippen LogP contribution is -2.42. The van der Waals surface area contributed by atoms with Crippen molar-refractivity contribution >= 4 is 35.2 Å². The summed E-state index contributed by atoms with van der Waals surface area (Å²) in [4.78, 5) is 38.5. The van der Waals surface area contributed by atoms with Crippen LogP contribution in [0.2, 0.25) is 5.02 Å². The number of anilines is 1. The summed E-state index contributed by atoms with van der Waals surface area (Å²) in [5.41, 5.74) is 0.601. The van der Waals surface area contributed by atoms with Gasteiger partial charge in [0.2, 0.25) is 5.91 Å². The number of aliphatic carboxylic acids is 1. The summed E-state index contributed by atoms with van der Waals surface area (Å²) in [7, 11) is 0. The van der Waals surface area contributed by atoms with Gasteiger partial charge < -0.3 is 20.2 Å². The minimum atomic E-state index is -1.14. The van der Waals surface area contributed by atoms with Crippen LogP contribution >= 0.6 is 11.6 Å². The monoisotopic (exact) mass is 353 g/mol. The first-order chi connectivity index (χ1) is 11.4. The Labute approximate surface area is 145 Å². The lowest BCUT2D eigenvalue weighted by Gasteiger charge is -2.23. The van der Waals surface area contributed by atoms with Crippen LogP contribution in [0.15, 0.2) is 24.3 Å². The molecule has 2 N–H and O–H groups in total. The molecule has 1 saturated heterocycles. The minimum Gasteiger partial charge on any atom is -0.481 e. The summed E-state index contributed by atoms with van der Waals surface area (Å²) in [6.45, 7) is 2.98. The molecule has 130 valence electrons. The van der Waals surface area contributed by atoms with Crippen molar-refractivity contribution in [1.82, 2.24) is 9.80 Å². The van der Waals surface area contributed by atoms with Gasteiger partial charge in [0.15, 0.2) is 0 Å². The number of nitrogens with one attached hydrogen (secondary N) is 1. The van der Waals surface area contributed by atoms with E-state index < -0.39 is 17.8 Å². The molecule has 0 spiro atoms. The van der Waals surface area contributed by atoms with Gasteiger partial charge in [-0.15, -0.1) is 0 Å². The SMILES string of the molecule is CC(C(=O)O)C(=O)N1CCCN(C(=O)Nc2cccc(Cl)c2)CC1. The zero-order chi connectivity index (χ0) is 17.7. The van der Waals surface area contributed by atoms with E-state index in [4.69, 9.17) is 16.7 Å². The second-order valence-electron chi connectivity index (χ2n) is 5.67. The Kier molecular flexibility index (Phi) is 6.03. The van der Waals surface area contributed by atoms with Gasteiger partial charge in [0.25, 0.3) is 0 Å². The van der Waals surface area contributed by atoms with E-state index in [1.54, 1.807) is 29.2 Å². The van der Waals surface area contributed by atoms with Crippen molar-refractivity contribution in [2.45, 2.75) is 13.3 Å². The minimum absolute atomic E-state index is 0.266. The van der Waals surface area contributed by atoms with Gasteiger partial charge in [0.05, 0.1) is 0 Å². The van der Waals surface area contributed by atoms with Crippen LogP contribution in [0.4, 0.5) is 10.5 Å². The molecule has 1 atom stereocenters. The summed E-state index contributed by atoms with van der Waals surface area (Å²) in [6, 6.07) is 6.59. The van der Waals surface area contributed by atoms with Gasteiger partial charge in [-0.25, -0.2) is 4.79 Å². The van der Waals surface area contributed by atoms with Gasteiger partial charge in [-0.3, -0.25) is 9.59 Å². The number of carboxylic acid groups (broad SMARTS) is 1. The molecular formula is C16H20ClN3O4. The topological polar surface area (TPSA) is 90.0 Å². The number of carbonyl (C=O) groups is 3. The number of hydrogen-bond acceptors (Lipinski definition) is 3. The molecule has 0 saturated carbocycles. The second kappa shape index (κ2) is 8.01. The van der Waals surface area contributed by atoms with Gasteiger partial charge in [-0.05, 0) is 31.5 Å². The normalized spacial score (nSPS) is 16.2. The number of urea groups is 1. The standard InChI is InChI=1S/C16H20ClN3O4/c1-11(15(22)23)14(21)19-6-3-7-20(9-8-19)16(24)18-13-5-2-4-12(17)10-13/h2,4-5,10-11H,3,6-9H2,1H3,(H,18,24)(H,22,23). The molecule has 1 unspecified atom stereocenters. The highest BCUT2D eigenvalue weighted by atomic mass is 35.5. The Morgan fingerprint density at radius 2 is 1.83 bits per heavy atom. The highest BCUT2D eigenvalue weighted by Gasteiger charge is 2.28. The van der Waals surface area contributed by atoms with E-state index in [1.807, 2.05) is 0 Å². The Balaban J connectivity index is 1.94. The van der Waals surface area contributed by atoms with Gasteiger partial charge in [-0.1, -0.05) is 17.7 Å². The largest absolute Gasteiger partial charge is 0.481 e. The predicted octanol–water partition coefficient (Wildman–Crippen LogP) is 2.13. The molecule has 1 fully saturated rings. The lowest BCUT2D eigenvalue weighted by atomic mass is 10.1. The molecule has 0 radical (unpaired) electrons. The summed E-state index contributed by atoms with van der Waals surface area (Å²) in [6.07, 6.45) is 0.598. The third-order valence-electron chi connectivity index (χ3n) is 3.91. The van der Waals surface area contributed by atoms with E-state index in [1.165, 1.54) is 11.8 Å². The highest BCUT2D eigenvalue weighted by molar-refractivity contribution is 6.30. The predicted molar refractivity (Wildman–Crippen MR) is 90.0 cm³/mol. The Hall–Kier alpha value is -2.28. The molecule has 2 rings (SSSR count). The number of carbonyl (C=O) groups excluding carboxylic acids is 2. The van der Waals surface area contributed by atoms with Gasteiger partial charge in [-0.2, -0.15) is 0 Å². The lowest BCUT2D eigenvalue weighted by molar-refractivity contribution is -0.150. The Bertz CT molecular complexity index is 638. The molecule has 1 heterocycles. The zero-order valence-corrected chi connectivity index (χ0v) is 14.1. The fourth-order valence-electron chi connectivity index (χ4n) is 2.49. The maximum atomic E-state index is 12.3. The molecule has 1 aliphatic heterocycles. The third kappa shape index (κ3) is 4.61. The number of rotatable bonds is 3. The van der Waals surface area contributed by atoms with E-state index in [2.05, 4.69) is 5.32 Å². The van der Waals surface area contributed by atoms with E-state index in [9.17, 15) is 14.4 Å². The molecular weight excluding hydrogens is 334 g/mol. The number of hydrogen-bond donors (Lipinski definition) is 2. The van der Waals surface area contributed by atoms with Crippen molar-refractivity contribution in [2.75, 3.05) is 31.5 Å². The maximum absolute atomic E-state index is 12.3. The van der Waals surface area contributed by atoms with E-state index in [-0.39, 0.29) is 6.03 Å². The first-order valence-corrected chi connectivity index (χ1v) is 8.09. The van der Waals surface area contributed by atoms with Crippen LogP contribution in [0.1, 0.15) is 13.3 Å². The number of benzene rings is 1. The van der Waals surface area contributed by atoms with Crippen LogP contribution in [-0.4, -0.2) is 59.0 Å². The molecule has 1 aromatic rings. The molecule has 8 heteroatoms. The molecule has 0 bridgehead atoms. The molecule has 0 aromatic heterocycles. The summed E-state index contributed by atoms with van der Waals surface area (Å²) >= 11 is 5.89. The zero-order valence-electron chi connectivity index (χ0n) is 13.4. The first-order valence-electron chi connectivity index (χ1n) is 7.71.